The average molecular weight is 371 g/mol. The highest BCUT2D eigenvalue weighted by molar-refractivity contribution is 5.96. The third-order valence-electron chi connectivity index (χ3n) is 4.65. The van der Waals surface area contributed by atoms with Crippen LogP contribution in [-0.2, 0) is 11.3 Å². The Balaban J connectivity index is 1.63. The van der Waals surface area contributed by atoms with Crippen molar-refractivity contribution in [3.8, 4) is 11.1 Å². The van der Waals surface area contributed by atoms with Gasteiger partial charge in [0.25, 0.3) is 0 Å². The summed E-state index contributed by atoms with van der Waals surface area (Å²) in [7, 11) is 0. The van der Waals surface area contributed by atoms with Gasteiger partial charge in [0.15, 0.2) is 0 Å². The molecule has 0 fully saturated rings. The first-order chi connectivity index (χ1) is 13.6. The molecule has 28 heavy (non-hydrogen) atoms. The maximum atomic E-state index is 12.8. The van der Waals surface area contributed by atoms with E-state index in [1.54, 1.807) is 11.5 Å². The van der Waals surface area contributed by atoms with Crippen molar-refractivity contribution in [3.63, 3.8) is 0 Å². The number of nitrogens with zero attached hydrogens (tertiary/aromatic N) is 2. The third kappa shape index (κ3) is 3.52. The molecule has 4 aromatic rings. The van der Waals surface area contributed by atoms with E-state index in [2.05, 4.69) is 10.3 Å². The minimum Gasteiger partial charge on any atom is -0.385 e. The van der Waals surface area contributed by atoms with Gasteiger partial charge < -0.3 is 15.0 Å². The number of fused-ring (bicyclic) bond motifs is 1. The van der Waals surface area contributed by atoms with Gasteiger partial charge in [0.1, 0.15) is 18.5 Å². The van der Waals surface area contributed by atoms with Crippen molar-refractivity contribution in [2.75, 3.05) is 5.32 Å². The molecule has 0 saturated carbocycles. The minimum absolute atomic E-state index is 0.0733. The molecule has 5 heteroatoms. The van der Waals surface area contributed by atoms with Crippen molar-refractivity contribution in [3.05, 3.63) is 84.7 Å². The van der Waals surface area contributed by atoms with Crippen LogP contribution in [0.2, 0.25) is 0 Å². The number of aromatic nitrogens is 2. The second-order valence-electron chi connectivity index (χ2n) is 6.68. The Morgan fingerprint density at radius 2 is 1.68 bits per heavy atom. The number of carbonyl (C=O) groups is 1. The van der Waals surface area contributed by atoms with E-state index in [4.69, 9.17) is 0 Å². The molecule has 0 radical (unpaired) electrons. The number of hydrogen-bond acceptors (Lipinski definition) is 3. The van der Waals surface area contributed by atoms with Gasteiger partial charge in [-0.3, -0.25) is 4.79 Å². The minimum atomic E-state index is -0.767. The molecule has 5 nitrogen and oxygen atoms in total. The Hall–Kier alpha value is -3.44. The number of anilines is 1. The zero-order valence-electron chi connectivity index (χ0n) is 15.5. The number of amides is 1. The molecule has 4 rings (SSSR count). The highest BCUT2D eigenvalue weighted by atomic mass is 16.3. The zero-order valence-corrected chi connectivity index (χ0v) is 15.5. The Morgan fingerprint density at radius 1 is 1.00 bits per heavy atom. The van der Waals surface area contributed by atoms with Crippen LogP contribution in [0.15, 0.2) is 78.9 Å². The molecule has 1 amide bonds. The van der Waals surface area contributed by atoms with Crippen LogP contribution in [0.4, 0.5) is 5.69 Å². The van der Waals surface area contributed by atoms with Gasteiger partial charge in [0, 0.05) is 11.3 Å². The normalized spacial score (nSPS) is 12.1. The number of carbonyl (C=O) groups excluding carboxylic acids is 1. The van der Waals surface area contributed by atoms with Crippen LogP contribution >= 0.6 is 0 Å². The first kappa shape index (κ1) is 17.9. The lowest BCUT2D eigenvalue weighted by molar-refractivity contribution is -0.116. The number of benzene rings is 3. The van der Waals surface area contributed by atoms with Crippen molar-refractivity contribution in [1.82, 2.24) is 9.55 Å². The SMILES string of the molecule is CC(O)c1nc2ccccc2n1CC(=O)Nc1ccccc1-c1ccccc1. The monoisotopic (exact) mass is 371 g/mol. The van der Waals surface area contributed by atoms with Crippen LogP contribution in [0.5, 0.6) is 0 Å². The molecule has 0 aliphatic carbocycles. The van der Waals surface area contributed by atoms with Gasteiger partial charge in [-0.15, -0.1) is 0 Å². The first-order valence-corrected chi connectivity index (χ1v) is 9.21. The lowest BCUT2D eigenvalue weighted by atomic mass is 10.0. The molecule has 3 aromatic carbocycles. The molecular weight excluding hydrogens is 350 g/mol. The fraction of sp³-hybridized carbons (Fsp3) is 0.130. The summed E-state index contributed by atoms with van der Waals surface area (Å²) in [5, 5.41) is 13.1. The number of aliphatic hydroxyl groups is 1. The fourth-order valence-electron chi connectivity index (χ4n) is 3.37. The van der Waals surface area contributed by atoms with E-state index in [9.17, 15) is 9.90 Å². The van der Waals surface area contributed by atoms with Crippen molar-refractivity contribution < 1.29 is 9.90 Å². The fourth-order valence-corrected chi connectivity index (χ4v) is 3.37. The molecule has 1 aromatic heterocycles. The zero-order chi connectivity index (χ0) is 19.5. The summed E-state index contributed by atoms with van der Waals surface area (Å²) in [6.07, 6.45) is -0.767. The number of rotatable bonds is 5. The number of aliphatic hydroxyl groups excluding tert-OH is 1. The lowest BCUT2D eigenvalue weighted by Crippen LogP contribution is -2.21. The van der Waals surface area contributed by atoms with Crippen molar-refractivity contribution in [2.24, 2.45) is 0 Å². The average Bonchev–Trinajstić information content (AvgIpc) is 3.08. The van der Waals surface area contributed by atoms with Gasteiger partial charge >= 0.3 is 0 Å². The van der Waals surface area contributed by atoms with Crippen LogP contribution in [0, 0.1) is 0 Å². The van der Waals surface area contributed by atoms with E-state index in [0.29, 0.717) is 5.82 Å². The summed E-state index contributed by atoms with van der Waals surface area (Å²) in [6, 6.07) is 25.2. The Kier molecular flexibility index (Phi) is 4.91. The third-order valence-corrected chi connectivity index (χ3v) is 4.65. The number of para-hydroxylation sites is 3. The highest BCUT2D eigenvalue weighted by Crippen LogP contribution is 2.28. The number of hydrogen-bond donors (Lipinski definition) is 2. The summed E-state index contributed by atoms with van der Waals surface area (Å²) >= 11 is 0. The van der Waals surface area contributed by atoms with Crippen LogP contribution in [0.3, 0.4) is 0 Å². The van der Waals surface area contributed by atoms with Crippen molar-refractivity contribution in [2.45, 2.75) is 19.6 Å². The molecule has 0 spiro atoms. The van der Waals surface area contributed by atoms with Gasteiger partial charge in [-0.25, -0.2) is 4.98 Å². The molecule has 0 aliphatic rings. The van der Waals surface area contributed by atoms with Gasteiger partial charge in [0.05, 0.1) is 11.0 Å². The standard InChI is InChI=1S/C23H21N3O2/c1-16(27)23-25-20-13-7-8-14-21(20)26(23)15-22(28)24-19-12-6-5-11-18(19)17-9-3-2-4-10-17/h2-14,16,27H,15H2,1H3,(H,24,28). The maximum absolute atomic E-state index is 12.8. The molecular formula is C23H21N3O2. The molecule has 0 bridgehead atoms. The smallest absolute Gasteiger partial charge is 0.244 e. The summed E-state index contributed by atoms with van der Waals surface area (Å²) in [5.41, 5.74) is 4.33. The van der Waals surface area contributed by atoms with Crippen molar-refractivity contribution >= 4 is 22.6 Å². The van der Waals surface area contributed by atoms with Gasteiger partial charge in [-0.2, -0.15) is 0 Å². The number of nitrogens with one attached hydrogen (secondary N) is 1. The summed E-state index contributed by atoms with van der Waals surface area (Å²) < 4.78 is 1.76. The Morgan fingerprint density at radius 3 is 2.46 bits per heavy atom. The van der Waals surface area contributed by atoms with Gasteiger partial charge in [0.2, 0.25) is 5.91 Å². The van der Waals surface area contributed by atoms with E-state index in [1.807, 2.05) is 78.9 Å². The number of imidazole rings is 1. The highest BCUT2D eigenvalue weighted by Gasteiger charge is 2.17. The van der Waals surface area contributed by atoms with Gasteiger partial charge in [-0.1, -0.05) is 60.7 Å². The van der Waals surface area contributed by atoms with Crippen LogP contribution < -0.4 is 5.32 Å². The van der Waals surface area contributed by atoms with E-state index in [0.717, 1.165) is 27.8 Å². The van der Waals surface area contributed by atoms with Crippen LogP contribution in [0.1, 0.15) is 18.9 Å². The Labute approximate surface area is 163 Å². The Bertz CT molecular complexity index is 1120. The van der Waals surface area contributed by atoms with E-state index in [1.165, 1.54) is 0 Å². The predicted octanol–water partition coefficient (Wildman–Crippen LogP) is 4.40. The molecule has 1 heterocycles. The van der Waals surface area contributed by atoms with Crippen molar-refractivity contribution in [1.29, 1.82) is 0 Å². The summed E-state index contributed by atoms with van der Waals surface area (Å²) in [6.45, 7) is 1.73. The van der Waals surface area contributed by atoms with Gasteiger partial charge in [-0.05, 0) is 30.7 Å². The second kappa shape index (κ2) is 7.66. The lowest BCUT2D eigenvalue weighted by Gasteiger charge is -2.14. The second-order valence-corrected chi connectivity index (χ2v) is 6.68. The topological polar surface area (TPSA) is 67.2 Å². The van der Waals surface area contributed by atoms with Crippen LogP contribution in [0.25, 0.3) is 22.2 Å². The molecule has 140 valence electrons. The van der Waals surface area contributed by atoms with E-state index < -0.39 is 6.10 Å². The summed E-state index contributed by atoms with van der Waals surface area (Å²) in [4.78, 5) is 17.3. The molecule has 0 saturated heterocycles. The molecule has 0 aliphatic heterocycles. The predicted molar refractivity (Wildman–Crippen MR) is 111 cm³/mol. The molecule has 1 unspecified atom stereocenters. The van der Waals surface area contributed by atoms with Crippen LogP contribution in [-0.4, -0.2) is 20.6 Å². The van der Waals surface area contributed by atoms with E-state index >= 15 is 0 Å². The largest absolute Gasteiger partial charge is 0.385 e. The maximum Gasteiger partial charge on any atom is 0.244 e. The molecule has 1 atom stereocenters. The quantitative estimate of drug-likeness (QED) is 0.547. The summed E-state index contributed by atoms with van der Waals surface area (Å²) in [5.74, 6) is 0.307. The van der Waals surface area contributed by atoms with E-state index in [-0.39, 0.29) is 12.5 Å². The molecule has 2 N–H and O–H groups in total. The first-order valence-electron chi connectivity index (χ1n) is 9.21.